The standard InChI is InChI=1S/C12H15ClFO/c1-3-6-15-12-5-4-10(13)7-11(12)9(2)8-14/h4-5,7H,3,6,8H2,1-2H3. The average Bonchev–Trinajstić information content (AvgIpc) is 2.26. The lowest BCUT2D eigenvalue weighted by molar-refractivity contribution is 0.314. The van der Waals surface area contributed by atoms with E-state index >= 15 is 0 Å². The summed E-state index contributed by atoms with van der Waals surface area (Å²) < 4.78 is 18.1. The minimum atomic E-state index is -0.483. The van der Waals surface area contributed by atoms with Crippen LogP contribution in [-0.4, -0.2) is 13.3 Å². The van der Waals surface area contributed by atoms with Crippen LogP contribution in [0.25, 0.3) is 0 Å². The molecule has 1 rings (SSSR count). The average molecular weight is 230 g/mol. The second-order valence-corrected chi connectivity index (χ2v) is 3.84. The molecule has 1 radical (unpaired) electrons. The fourth-order valence-corrected chi connectivity index (χ4v) is 1.42. The molecular formula is C12H15ClFO. The van der Waals surface area contributed by atoms with Crippen LogP contribution in [0.5, 0.6) is 5.75 Å². The second kappa shape index (κ2) is 5.96. The smallest absolute Gasteiger partial charge is 0.123 e. The van der Waals surface area contributed by atoms with Crippen molar-refractivity contribution in [3.05, 3.63) is 34.7 Å². The van der Waals surface area contributed by atoms with Crippen LogP contribution in [0.3, 0.4) is 0 Å². The van der Waals surface area contributed by atoms with Gasteiger partial charge in [0.05, 0.1) is 13.3 Å². The van der Waals surface area contributed by atoms with Gasteiger partial charge in [0.15, 0.2) is 0 Å². The molecule has 0 spiro atoms. The Kier molecular flexibility index (Phi) is 4.89. The summed E-state index contributed by atoms with van der Waals surface area (Å²) in [6, 6.07) is 5.27. The Balaban J connectivity index is 2.92. The summed E-state index contributed by atoms with van der Waals surface area (Å²) >= 11 is 5.86. The Bertz CT molecular complexity index is 314. The summed E-state index contributed by atoms with van der Waals surface area (Å²) in [5, 5.41) is 0.599. The van der Waals surface area contributed by atoms with Crippen LogP contribution in [0, 0.1) is 5.92 Å². The molecule has 0 N–H and O–H groups in total. The van der Waals surface area contributed by atoms with Crippen molar-refractivity contribution in [3.8, 4) is 5.75 Å². The second-order valence-electron chi connectivity index (χ2n) is 3.40. The molecule has 3 heteroatoms. The van der Waals surface area contributed by atoms with Crippen LogP contribution in [0.15, 0.2) is 18.2 Å². The monoisotopic (exact) mass is 229 g/mol. The van der Waals surface area contributed by atoms with Crippen molar-refractivity contribution in [2.24, 2.45) is 0 Å². The van der Waals surface area contributed by atoms with Gasteiger partial charge in [-0.1, -0.05) is 25.4 Å². The molecule has 0 fully saturated rings. The Morgan fingerprint density at radius 3 is 2.80 bits per heavy atom. The molecule has 0 aliphatic heterocycles. The Morgan fingerprint density at radius 2 is 2.20 bits per heavy atom. The van der Waals surface area contributed by atoms with Crippen molar-refractivity contribution < 1.29 is 9.13 Å². The van der Waals surface area contributed by atoms with Crippen LogP contribution in [0.2, 0.25) is 5.02 Å². The third-order valence-electron chi connectivity index (χ3n) is 2.06. The van der Waals surface area contributed by atoms with E-state index in [1.54, 1.807) is 25.1 Å². The zero-order valence-electron chi connectivity index (χ0n) is 9.02. The summed E-state index contributed by atoms with van der Waals surface area (Å²) in [6.45, 7) is 3.92. The number of hydrogen-bond acceptors (Lipinski definition) is 1. The SMILES string of the molecule is CCCOc1ccc(Cl)cc1[C](C)CF. The van der Waals surface area contributed by atoms with E-state index in [1.165, 1.54) is 0 Å². The van der Waals surface area contributed by atoms with Gasteiger partial charge in [0.2, 0.25) is 0 Å². The number of alkyl halides is 1. The van der Waals surface area contributed by atoms with Gasteiger partial charge in [0, 0.05) is 16.5 Å². The number of ether oxygens (including phenoxy) is 1. The zero-order chi connectivity index (χ0) is 11.3. The molecule has 0 atom stereocenters. The molecule has 15 heavy (non-hydrogen) atoms. The predicted octanol–water partition coefficient (Wildman–Crippen LogP) is 4.04. The first-order chi connectivity index (χ1) is 7.19. The molecule has 1 nitrogen and oxygen atoms in total. The quantitative estimate of drug-likeness (QED) is 0.741. The highest BCUT2D eigenvalue weighted by Gasteiger charge is 2.12. The van der Waals surface area contributed by atoms with Gasteiger partial charge in [-0.05, 0) is 24.6 Å². The van der Waals surface area contributed by atoms with Gasteiger partial charge in [-0.2, -0.15) is 0 Å². The summed E-state index contributed by atoms with van der Waals surface area (Å²) in [6.07, 6.45) is 0.927. The Labute approximate surface area is 95.2 Å². The van der Waals surface area contributed by atoms with E-state index in [-0.39, 0.29) is 0 Å². The number of halogens is 2. The maximum Gasteiger partial charge on any atom is 0.123 e. The largest absolute Gasteiger partial charge is 0.493 e. The van der Waals surface area contributed by atoms with Gasteiger partial charge in [0.1, 0.15) is 5.75 Å². The first kappa shape index (κ1) is 12.3. The van der Waals surface area contributed by atoms with E-state index in [0.29, 0.717) is 23.3 Å². The van der Waals surface area contributed by atoms with Gasteiger partial charge in [-0.25, -0.2) is 0 Å². The third kappa shape index (κ3) is 3.38. The highest BCUT2D eigenvalue weighted by molar-refractivity contribution is 6.30. The first-order valence-electron chi connectivity index (χ1n) is 5.00. The molecule has 0 aliphatic rings. The van der Waals surface area contributed by atoms with Crippen molar-refractivity contribution in [2.45, 2.75) is 20.3 Å². The van der Waals surface area contributed by atoms with E-state index in [1.807, 2.05) is 6.92 Å². The highest BCUT2D eigenvalue weighted by Crippen LogP contribution is 2.29. The van der Waals surface area contributed by atoms with E-state index < -0.39 is 6.67 Å². The summed E-state index contributed by atoms with van der Waals surface area (Å²) in [5.74, 6) is 1.35. The van der Waals surface area contributed by atoms with Crippen LogP contribution in [0.4, 0.5) is 4.39 Å². The number of benzene rings is 1. The van der Waals surface area contributed by atoms with E-state index in [9.17, 15) is 4.39 Å². The molecule has 0 saturated carbocycles. The van der Waals surface area contributed by atoms with Crippen LogP contribution in [-0.2, 0) is 0 Å². The molecule has 0 aromatic heterocycles. The van der Waals surface area contributed by atoms with Gasteiger partial charge in [-0.3, -0.25) is 4.39 Å². The molecule has 0 bridgehead atoms. The molecule has 0 amide bonds. The van der Waals surface area contributed by atoms with Gasteiger partial charge >= 0.3 is 0 Å². The molecule has 0 heterocycles. The zero-order valence-corrected chi connectivity index (χ0v) is 9.77. The topological polar surface area (TPSA) is 9.23 Å². The highest BCUT2D eigenvalue weighted by atomic mass is 35.5. The molecule has 0 saturated heterocycles. The minimum Gasteiger partial charge on any atom is -0.493 e. The molecule has 83 valence electrons. The molecular weight excluding hydrogens is 215 g/mol. The van der Waals surface area contributed by atoms with Gasteiger partial charge in [0.25, 0.3) is 0 Å². The normalized spacial score (nSPS) is 10.7. The van der Waals surface area contributed by atoms with Crippen molar-refractivity contribution >= 4 is 11.6 Å². The maximum atomic E-state index is 12.6. The van der Waals surface area contributed by atoms with Gasteiger partial charge in [-0.15, -0.1) is 0 Å². The van der Waals surface area contributed by atoms with Crippen molar-refractivity contribution in [2.75, 3.05) is 13.3 Å². The first-order valence-corrected chi connectivity index (χ1v) is 5.38. The maximum absolute atomic E-state index is 12.6. The fourth-order valence-electron chi connectivity index (χ4n) is 1.25. The van der Waals surface area contributed by atoms with Crippen molar-refractivity contribution in [1.29, 1.82) is 0 Å². The fraction of sp³-hybridized carbons (Fsp3) is 0.417. The lowest BCUT2D eigenvalue weighted by Crippen LogP contribution is -2.03. The van der Waals surface area contributed by atoms with Crippen LogP contribution in [0.1, 0.15) is 25.8 Å². The van der Waals surface area contributed by atoms with Crippen molar-refractivity contribution in [1.82, 2.24) is 0 Å². The molecule has 1 aromatic rings. The minimum absolute atomic E-state index is 0.483. The van der Waals surface area contributed by atoms with Crippen LogP contribution >= 0.6 is 11.6 Å². The molecule has 1 aromatic carbocycles. The lowest BCUT2D eigenvalue weighted by atomic mass is 10.0. The molecule has 0 unspecified atom stereocenters. The van der Waals surface area contributed by atoms with Gasteiger partial charge < -0.3 is 4.74 Å². The lowest BCUT2D eigenvalue weighted by Gasteiger charge is -2.14. The summed E-state index contributed by atoms with van der Waals surface area (Å²) in [5.41, 5.74) is 0.762. The van der Waals surface area contributed by atoms with E-state index in [4.69, 9.17) is 16.3 Å². The summed E-state index contributed by atoms with van der Waals surface area (Å²) in [7, 11) is 0. The molecule has 0 aliphatic carbocycles. The number of rotatable bonds is 5. The van der Waals surface area contributed by atoms with Crippen molar-refractivity contribution in [3.63, 3.8) is 0 Å². The Hall–Kier alpha value is -0.760. The van der Waals surface area contributed by atoms with E-state index in [2.05, 4.69) is 0 Å². The number of hydrogen-bond donors (Lipinski definition) is 0. The Morgan fingerprint density at radius 1 is 1.47 bits per heavy atom. The van der Waals surface area contributed by atoms with E-state index in [0.717, 1.165) is 12.0 Å². The summed E-state index contributed by atoms with van der Waals surface area (Å²) in [4.78, 5) is 0. The predicted molar refractivity (Wildman–Crippen MR) is 61.2 cm³/mol. The van der Waals surface area contributed by atoms with Crippen LogP contribution < -0.4 is 4.74 Å². The third-order valence-corrected chi connectivity index (χ3v) is 2.30.